The number of aryl methyl sites for hydroxylation is 2. The van der Waals surface area contributed by atoms with Gasteiger partial charge >= 0.3 is 6.03 Å². The molecule has 7 nitrogen and oxygen atoms in total. The van der Waals surface area contributed by atoms with Gasteiger partial charge in [-0.2, -0.15) is 0 Å². The van der Waals surface area contributed by atoms with Gasteiger partial charge in [0.2, 0.25) is 5.91 Å². The summed E-state index contributed by atoms with van der Waals surface area (Å²) in [6, 6.07) is 15.8. The lowest BCUT2D eigenvalue weighted by Crippen LogP contribution is -2.41. The molecule has 0 spiro atoms. The van der Waals surface area contributed by atoms with Gasteiger partial charge in [-0.25, -0.2) is 4.79 Å². The fraction of sp³-hybridized carbons (Fsp3) is 0.333. The molecule has 3 amide bonds. The minimum Gasteiger partial charge on any atom is -0.338 e. The normalized spacial score (nSPS) is 10.9. The Morgan fingerprint density at radius 3 is 2.50 bits per heavy atom. The summed E-state index contributed by atoms with van der Waals surface area (Å²) < 4.78 is 2.00. The quantitative estimate of drug-likeness (QED) is 0.505. The summed E-state index contributed by atoms with van der Waals surface area (Å²) >= 11 is 1.26. The van der Waals surface area contributed by atoms with Gasteiger partial charge in [0.15, 0.2) is 5.16 Å². The fourth-order valence-corrected chi connectivity index (χ4v) is 3.98. The minimum absolute atomic E-state index is 0.0590. The topological polar surface area (TPSA) is 88.9 Å². The molecule has 3 rings (SSSR count). The number of hydrogen-bond acceptors (Lipinski definition) is 5. The van der Waals surface area contributed by atoms with Crippen LogP contribution in [0.4, 0.5) is 4.79 Å². The van der Waals surface area contributed by atoms with Crippen LogP contribution in [-0.4, -0.2) is 39.0 Å². The van der Waals surface area contributed by atoms with E-state index in [1.165, 1.54) is 17.3 Å². The smallest absolute Gasteiger partial charge is 0.321 e. The number of thioether (sulfide) groups is 1. The minimum atomic E-state index is -0.482. The van der Waals surface area contributed by atoms with E-state index in [-0.39, 0.29) is 11.7 Å². The number of imide groups is 1. The fourth-order valence-electron chi connectivity index (χ4n) is 3.22. The average Bonchev–Trinajstić information content (AvgIpc) is 3.13. The van der Waals surface area contributed by atoms with Crippen molar-refractivity contribution < 1.29 is 9.59 Å². The number of nitrogens with one attached hydrogen (secondary N) is 2. The summed E-state index contributed by atoms with van der Waals surface area (Å²) in [5.74, 6) is 0.782. The highest BCUT2D eigenvalue weighted by Crippen LogP contribution is 2.26. The van der Waals surface area contributed by atoms with Crippen molar-refractivity contribution in [2.75, 3.05) is 12.3 Å². The van der Waals surface area contributed by atoms with Crippen molar-refractivity contribution in [3.63, 3.8) is 0 Å². The molecule has 0 aliphatic carbocycles. The second kappa shape index (κ2) is 10.9. The number of amides is 3. The molecule has 0 bridgehead atoms. The van der Waals surface area contributed by atoms with Crippen LogP contribution in [0.25, 0.3) is 5.69 Å². The second-order valence-electron chi connectivity index (χ2n) is 8.13. The van der Waals surface area contributed by atoms with Crippen molar-refractivity contribution in [3.8, 4) is 5.69 Å². The number of aromatic nitrogens is 3. The number of nitrogens with zero attached hydrogens (tertiary/aromatic N) is 3. The molecule has 0 saturated heterocycles. The van der Waals surface area contributed by atoms with Crippen molar-refractivity contribution >= 4 is 23.7 Å². The molecule has 0 radical (unpaired) electrons. The van der Waals surface area contributed by atoms with Gasteiger partial charge in [-0.1, -0.05) is 73.6 Å². The van der Waals surface area contributed by atoms with Gasteiger partial charge in [-0.15, -0.1) is 10.2 Å². The van der Waals surface area contributed by atoms with Gasteiger partial charge in [0.25, 0.3) is 0 Å². The predicted molar refractivity (Wildman–Crippen MR) is 127 cm³/mol. The molecule has 8 heteroatoms. The van der Waals surface area contributed by atoms with Crippen LogP contribution < -0.4 is 10.6 Å². The SMILES string of the molecule is Cc1ccc(-n2c(Cc3ccccc3)nnc2SCC(=O)NC(=O)NCC(C)C)c(C)c1. The Morgan fingerprint density at radius 2 is 1.81 bits per heavy atom. The van der Waals surface area contributed by atoms with Crippen molar-refractivity contribution in [3.05, 3.63) is 71.0 Å². The highest BCUT2D eigenvalue weighted by Gasteiger charge is 2.18. The third-order valence-corrected chi connectivity index (χ3v) is 5.68. The summed E-state index contributed by atoms with van der Waals surface area (Å²) in [6.07, 6.45) is 0.617. The van der Waals surface area contributed by atoms with Crippen LogP contribution in [0, 0.1) is 19.8 Å². The van der Waals surface area contributed by atoms with E-state index < -0.39 is 6.03 Å². The van der Waals surface area contributed by atoms with Crippen LogP contribution in [0.5, 0.6) is 0 Å². The molecule has 0 atom stereocenters. The van der Waals surface area contributed by atoms with Crippen LogP contribution in [-0.2, 0) is 11.2 Å². The third kappa shape index (κ3) is 6.43. The zero-order valence-electron chi connectivity index (χ0n) is 18.9. The Hall–Kier alpha value is -3.13. The van der Waals surface area contributed by atoms with Crippen LogP contribution in [0.1, 0.15) is 36.4 Å². The lowest BCUT2D eigenvalue weighted by atomic mass is 10.1. The molecule has 2 N–H and O–H groups in total. The maximum absolute atomic E-state index is 12.3. The molecule has 1 heterocycles. The third-order valence-electron chi connectivity index (χ3n) is 4.75. The molecule has 0 aliphatic rings. The molecule has 0 fully saturated rings. The van der Waals surface area contributed by atoms with E-state index in [0.717, 1.165) is 22.6 Å². The van der Waals surface area contributed by atoms with Crippen molar-refractivity contribution in [2.45, 2.75) is 39.3 Å². The number of benzene rings is 2. The van der Waals surface area contributed by atoms with E-state index >= 15 is 0 Å². The first kappa shape index (κ1) is 23.5. The molecule has 0 unspecified atom stereocenters. The Kier molecular flexibility index (Phi) is 8.05. The zero-order valence-corrected chi connectivity index (χ0v) is 19.7. The Morgan fingerprint density at radius 1 is 1.06 bits per heavy atom. The second-order valence-corrected chi connectivity index (χ2v) is 9.07. The summed E-state index contributed by atoms with van der Waals surface area (Å²) in [5.41, 5.74) is 4.37. The molecule has 3 aromatic rings. The number of urea groups is 1. The van der Waals surface area contributed by atoms with E-state index in [1.807, 2.05) is 42.7 Å². The van der Waals surface area contributed by atoms with E-state index in [9.17, 15) is 9.59 Å². The van der Waals surface area contributed by atoms with Crippen molar-refractivity contribution in [1.29, 1.82) is 0 Å². The Balaban J connectivity index is 1.79. The first-order valence-electron chi connectivity index (χ1n) is 10.6. The number of rotatable bonds is 8. The van der Waals surface area contributed by atoms with E-state index in [4.69, 9.17) is 0 Å². The van der Waals surface area contributed by atoms with E-state index in [0.29, 0.717) is 24.0 Å². The molecule has 0 saturated carbocycles. The van der Waals surface area contributed by atoms with Crippen molar-refractivity contribution in [1.82, 2.24) is 25.4 Å². The maximum atomic E-state index is 12.3. The zero-order chi connectivity index (χ0) is 23.1. The predicted octanol–water partition coefficient (Wildman–Crippen LogP) is 4.05. The number of carbonyl (C=O) groups is 2. The maximum Gasteiger partial charge on any atom is 0.321 e. The van der Waals surface area contributed by atoms with Gasteiger partial charge in [0.05, 0.1) is 11.4 Å². The monoisotopic (exact) mass is 451 g/mol. The standard InChI is InChI=1S/C24H29N5O2S/c1-16(2)14-25-23(31)26-22(30)15-32-24-28-27-21(13-19-8-6-5-7-9-19)29(24)20-11-10-17(3)12-18(20)4/h5-12,16H,13-15H2,1-4H3,(H2,25,26,30,31). The first-order valence-corrected chi connectivity index (χ1v) is 11.6. The lowest BCUT2D eigenvalue weighted by Gasteiger charge is -2.14. The highest BCUT2D eigenvalue weighted by atomic mass is 32.2. The van der Waals surface area contributed by atoms with Crippen LogP contribution in [0.2, 0.25) is 0 Å². The molecular weight excluding hydrogens is 422 g/mol. The summed E-state index contributed by atoms with van der Waals surface area (Å²) in [7, 11) is 0. The summed E-state index contributed by atoms with van der Waals surface area (Å²) in [5, 5.41) is 14.4. The summed E-state index contributed by atoms with van der Waals surface area (Å²) in [4.78, 5) is 24.1. The number of carbonyl (C=O) groups excluding carboxylic acids is 2. The van der Waals surface area contributed by atoms with Crippen LogP contribution >= 0.6 is 11.8 Å². The van der Waals surface area contributed by atoms with Gasteiger partial charge in [0.1, 0.15) is 5.82 Å². The molecule has 168 valence electrons. The van der Waals surface area contributed by atoms with Gasteiger partial charge < -0.3 is 5.32 Å². The lowest BCUT2D eigenvalue weighted by molar-refractivity contribution is -0.117. The Labute approximate surface area is 193 Å². The van der Waals surface area contributed by atoms with Gasteiger partial charge in [0, 0.05) is 13.0 Å². The first-order chi connectivity index (χ1) is 15.3. The van der Waals surface area contributed by atoms with E-state index in [1.54, 1.807) is 0 Å². The van der Waals surface area contributed by atoms with Crippen molar-refractivity contribution in [2.24, 2.45) is 5.92 Å². The molecule has 2 aromatic carbocycles. The largest absolute Gasteiger partial charge is 0.338 e. The van der Waals surface area contributed by atoms with Crippen LogP contribution in [0.3, 0.4) is 0 Å². The van der Waals surface area contributed by atoms with E-state index in [2.05, 4.69) is 58.9 Å². The molecular formula is C24H29N5O2S. The Bertz CT molecular complexity index is 1080. The molecule has 1 aromatic heterocycles. The highest BCUT2D eigenvalue weighted by molar-refractivity contribution is 7.99. The molecule has 32 heavy (non-hydrogen) atoms. The van der Waals surface area contributed by atoms with Gasteiger partial charge in [-0.05, 0) is 37.0 Å². The van der Waals surface area contributed by atoms with Crippen LogP contribution in [0.15, 0.2) is 53.7 Å². The average molecular weight is 452 g/mol. The van der Waals surface area contributed by atoms with Gasteiger partial charge in [-0.3, -0.25) is 14.7 Å². The molecule has 0 aliphatic heterocycles. The summed E-state index contributed by atoms with van der Waals surface area (Å²) in [6.45, 7) is 8.60. The number of hydrogen-bond donors (Lipinski definition) is 2.